The van der Waals surface area contributed by atoms with Gasteiger partial charge in [-0.1, -0.05) is 30.3 Å². The maximum atomic E-state index is 9.73. The summed E-state index contributed by atoms with van der Waals surface area (Å²) in [4.78, 5) is 0. The van der Waals surface area contributed by atoms with Crippen LogP contribution in [0.5, 0.6) is 0 Å². The van der Waals surface area contributed by atoms with Crippen molar-refractivity contribution in [3.63, 3.8) is 0 Å². The minimum Gasteiger partial charge on any atom is -0.388 e. The van der Waals surface area contributed by atoms with Gasteiger partial charge in [-0.15, -0.1) is 0 Å². The van der Waals surface area contributed by atoms with Gasteiger partial charge in [0.15, 0.2) is 6.29 Å². The van der Waals surface area contributed by atoms with Crippen molar-refractivity contribution in [3.8, 4) is 0 Å². The lowest BCUT2D eigenvalue weighted by Crippen LogP contribution is -2.41. The Kier molecular flexibility index (Phi) is 3.11. The fourth-order valence-electron chi connectivity index (χ4n) is 2.33. The Bertz CT molecular complexity index is 367. The first-order chi connectivity index (χ1) is 8.33. The average molecular weight is 236 g/mol. The number of ether oxygens (including phenoxy) is 3. The van der Waals surface area contributed by atoms with Crippen LogP contribution >= 0.6 is 0 Å². The molecule has 2 saturated heterocycles. The topological polar surface area (TPSA) is 47.9 Å². The third-order valence-corrected chi connectivity index (χ3v) is 3.24. The zero-order chi connectivity index (χ0) is 11.7. The first kappa shape index (κ1) is 11.2. The van der Waals surface area contributed by atoms with E-state index in [0.717, 1.165) is 5.56 Å². The molecule has 4 heteroatoms. The molecule has 0 aliphatic carbocycles. The minimum atomic E-state index is -0.575. The molecule has 0 unspecified atom stereocenters. The van der Waals surface area contributed by atoms with Crippen molar-refractivity contribution in [2.24, 2.45) is 0 Å². The second-order valence-corrected chi connectivity index (χ2v) is 4.50. The van der Waals surface area contributed by atoms with Crippen molar-refractivity contribution < 1.29 is 19.3 Å². The van der Waals surface area contributed by atoms with Crippen LogP contribution in [0.15, 0.2) is 30.3 Å². The molecule has 1 aromatic carbocycles. The Morgan fingerprint density at radius 3 is 2.94 bits per heavy atom. The Morgan fingerprint density at radius 1 is 1.29 bits per heavy atom. The van der Waals surface area contributed by atoms with Crippen molar-refractivity contribution in [1.29, 1.82) is 0 Å². The lowest BCUT2D eigenvalue weighted by Gasteiger charge is -2.27. The molecule has 92 valence electrons. The molecule has 2 aliphatic rings. The molecule has 4 atom stereocenters. The van der Waals surface area contributed by atoms with Crippen LogP contribution in [0, 0.1) is 0 Å². The maximum absolute atomic E-state index is 9.73. The molecule has 17 heavy (non-hydrogen) atoms. The highest BCUT2D eigenvalue weighted by Gasteiger charge is 2.44. The van der Waals surface area contributed by atoms with Gasteiger partial charge in [0.2, 0.25) is 0 Å². The van der Waals surface area contributed by atoms with E-state index in [2.05, 4.69) is 0 Å². The highest BCUT2D eigenvalue weighted by Crippen LogP contribution is 2.31. The van der Waals surface area contributed by atoms with Gasteiger partial charge in [-0.05, 0) is 5.56 Å². The van der Waals surface area contributed by atoms with Crippen molar-refractivity contribution >= 4 is 0 Å². The van der Waals surface area contributed by atoms with Gasteiger partial charge < -0.3 is 19.3 Å². The summed E-state index contributed by atoms with van der Waals surface area (Å²) in [6, 6.07) is 10.00. The summed E-state index contributed by atoms with van der Waals surface area (Å²) in [6.07, 6.45) is -0.386. The lowest BCUT2D eigenvalue weighted by molar-refractivity contribution is -0.223. The van der Waals surface area contributed by atoms with Gasteiger partial charge in [0.25, 0.3) is 0 Å². The molecule has 4 nitrogen and oxygen atoms in total. The summed E-state index contributed by atoms with van der Waals surface area (Å²) in [5, 5.41) is 9.73. The number of rotatable bonds is 3. The molecule has 0 saturated carbocycles. The molecule has 2 aliphatic heterocycles. The molecule has 3 rings (SSSR count). The smallest absolute Gasteiger partial charge is 0.160 e. The molecular formula is C13H16O4. The largest absolute Gasteiger partial charge is 0.388 e. The number of fused-ring (bicyclic) bond motifs is 2. The molecular weight excluding hydrogens is 220 g/mol. The van der Waals surface area contributed by atoms with E-state index < -0.39 is 6.10 Å². The molecule has 1 N–H and O–H groups in total. The Hall–Kier alpha value is -0.940. The standard InChI is InChI=1S/C13H16O4/c14-10-8-16-12-6-11(13(10)17-12)15-7-9-4-2-1-3-5-9/h1-5,10-14H,6-8H2/t10-,11-,12+,13+/m1/s1. The summed E-state index contributed by atoms with van der Waals surface area (Å²) in [7, 11) is 0. The molecule has 0 amide bonds. The average Bonchev–Trinajstić information content (AvgIpc) is 2.72. The van der Waals surface area contributed by atoms with Gasteiger partial charge in [0.05, 0.1) is 19.3 Å². The van der Waals surface area contributed by atoms with Gasteiger partial charge in [-0.3, -0.25) is 0 Å². The zero-order valence-electron chi connectivity index (χ0n) is 9.49. The van der Waals surface area contributed by atoms with Gasteiger partial charge in [-0.25, -0.2) is 0 Å². The summed E-state index contributed by atoms with van der Waals surface area (Å²) < 4.78 is 16.6. The summed E-state index contributed by atoms with van der Waals surface area (Å²) >= 11 is 0. The number of hydrogen-bond donors (Lipinski definition) is 1. The SMILES string of the molecule is O[C@@H]1CO[C@@H]2C[C@@H](OCc3ccccc3)[C@H]1O2. The Labute approximate surface area is 100 Å². The van der Waals surface area contributed by atoms with Crippen LogP contribution in [0.2, 0.25) is 0 Å². The quantitative estimate of drug-likeness (QED) is 0.853. The number of aliphatic hydroxyl groups is 1. The normalized spacial score (nSPS) is 36.1. The van der Waals surface area contributed by atoms with Gasteiger partial charge in [0.1, 0.15) is 12.2 Å². The first-order valence-electron chi connectivity index (χ1n) is 5.93. The van der Waals surface area contributed by atoms with Gasteiger partial charge >= 0.3 is 0 Å². The minimum absolute atomic E-state index is 0.0716. The van der Waals surface area contributed by atoms with Crippen LogP contribution in [0.1, 0.15) is 12.0 Å². The number of hydrogen-bond acceptors (Lipinski definition) is 4. The van der Waals surface area contributed by atoms with Crippen molar-refractivity contribution in [1.82, 2.24) is 0 Å². The third kappa shape index (κ3) is 2.35. The predicted octanol–water partition coefficient (Wildman–Crippen LogP) is 1.08. The van der Waals surface area contributed by atoms with Gasteiger partial charge in [0, 0.05) is 6.42 Å². The van der Waals surface area contributed by atoms with E-state index in [-0.39, 0.29) is 18.5 Å². The molecule has 0 aromatic heterocycles. The lowest BCUT2D eigenvalue weighted by atomic mass is 10.1. The van der Waals surface area contributed by atoms with E-state index >= 15 is 0 Å². The van der Waals surface area contributed by atoms with Crippen LogP contribution in [-0.2, 0) is 20.8 Å². The molecule has 0 spiro atoms. The second-order valence-electron chi connectivity index (χ2n) is 4.50. The van der Waals surface area contributed by atoms with Crippen LogP contribution in [0.4, 0.5) is 0 Å². The van der Waals surface area contributed by atoms with Crippen molar-refractivity contribution in [3.05, 3.63) is 35.9 Å². The number of aliphatic hydroxyl groups excluding tert-OH is 1. The van der Waals surface area contributed by atoms with E-state index in [1.165, 1.54) is 0 Å². The number of benzene rings is 1. The second kappa shape index (κ2) is 4.74. The van der Waals surface area contributed by atoms with Crippen LogP contribution in [0.25, 0.3) is 0 Å². The highest BCUT2D eigenvalue weighted by molar-refractivity contribution is 5.13. The Morgan fingerprint density at radius 2 is 2.12 bits per heavy atom. The Balaban J connectivity index is 1.59. The monoisotopic (exact) mass is 236 g/mol. The summed E-state index contributed by atoms with van der Waals surface area (Å²) in [5.74, 6) is 0. The predicted molar refractivity (Wildman–Crippen MR) is 60.3 cm³/mol. The van der Waals surface area contributed by atoms with Crippen molar-refractivity contribution in [2.45, 2.75) is 37.6 Å². The third-order valence-electron chi connectivity index (χ3n) is 3.24. The summed E-state index contributed by atoms with van der Waals surface area (Å²) in [5.41, 5.74) is 1.13. The fraction of sp³-hybridized carbons (Fsp3) is 0.538. The maximum Gasteiger partial charge on any atom is 0.160 e. The van der Waals surface area contributed by atoms with E-state index in [1.807, 2.05) is 30.3 Å². The van der Waals surface area contributed by atoms with E-state index in [9.17, 15) is 5.11 Å². The summed E-state index contributed by atoms with van der Waals surface area (Å²) in [6.45, 7) is 0.894. The molecule has 2 fully saturated rings. The van der Waals surface area contributed by atoms with E-state index in [1.54, 1.807) is 0 Å². The zero-order valence-corrected chi connectivity index (χ0v) is 9.49. The fourth-order valence-corrected chi connectivity index (χ4v) is 2.33. The van der Waals surface area contributed by atoms with Crippen LogP contribution < -0.4 is 0 Å². The first-order valence-corrected chi connectivity index (χ1v) is 5.93. The molecule has 1 aromatic rings. The molecule has 2 heterocycles. The van der Waals surface area contributed by atoms with E-state index in [4.69, 9.17) is 14.2 Å². The van der Waals surface area contributed by atoms with Gasteiger partial charge in [-0.2, -0.15) is 0 Å². The molecule has 0 radical (unpaired) electrons. The molecule has 2 bridgehead atoms. The van der Waals surface area contributed by atoms with E-state index in [0.29, 0.717) is 19.6 Å². The van der Waals surface area contributed by atoms with Crippen LogP contribution in [-0.4, -0.2) is 36.3 Å². The van der Waals surface area contributed by atoms with Crippen LogP contribution in [0.3, 0.4) is 0 Å². The highest BCUT2D eigenvalue weighted by atomic mass is 16.7. The van der Waals surface area contributed by atoms with Crippen molar-refractivity contribution in [2.75, 3.05) is 6.61 Å².